The quantitative estimate of drug-likeness (QED) is 0.176. The van der Waals surface area contributed by atoms with Crippen molar-refractivity contribution in [3.05, 3.63) is 182 Å². The van der Waals surface area contributed by atoms with Crippen molar-refractivity contribution in [2.45, 2.75) is 0 Å². The maximum absolute atomic E-state index is 6.91. The first-order valence-electron chi connectivity index (χ1n) is 19.0. The van der Waals surface area contributed by atoms with E-state index in [1.807, 2.05) is 48.5 Å². The van der Waals surface area contributed by atoms with Gasteiger partial charge in [-0.3, -0.25) is 4.57 Å². The van der Waals surface area contributed by atoms with Crippen LogP contribution < -0.4 is 0 Å². The fraction of sp³-hybridized carbons (Fsp3) is 0. The maximum atomic E-state index is 6.91. The number of hydrogen-bond donors (Lipinski definition) is 0. The van der Waals surface area contributed by atoms with Crippen LogP contribution in [-0.4, -0.2) is 19.5 Å². The Kier molecular flexibility index (Phi) is 6.83. The zero-order chi connectivity index (χ0) is 37.5. The van der Waals surface area contributed by atoms with Gasteiger partial charge in [-0.2, -0.15) is 9.97 Å². The lowest BCUT2D eigenvalue weighted by molar-refractivity contribution is 0.668. The molecular weight excluding hydrogens is 701 g/mol. The van der Waals surface area contributed by atoms with E-state index in [0.717, 1.165) is 99.1 Å². The second-order valence-electron chi connectivity index (χ2n) is 14.4. The number of nitrogens with zero attached hydrogens (tertiary/aromatic N) is 4. The van der Waals surface area contributed by atoms with Crippen LogP contribution in [0.2, 0.25) is 0 Å². The van der Waals surface area contributed by atoms with Crippen molar-refractivity contribution in [3.63, 3.8) is 0 Å². The third-order valence-corrected chi connectivity index (χ3v) is 11.1. The summed E-state index contributed by atoms with van der Waals surface area (Å²) in [5.74, 6) is 1.76. The molecule has 0 amide bonds. The van der Waals surface area contributed by atoms with Gasteiger partial charge in [-0.05, 0) is 47.5 Å². The highest BCUT2D eigenvalue weighted by molar-refractivity contribution is 6.14. The van der Waals surface area contributed by atoms with Crippen molar-refractivity contribution < 1.29 is 8.83 Å². The van der Waals surface area contributed by atoms with Gasteiger partial charge in [-0.1, -0.05) is 146 Å². The topological polar surface area (TPSA) is 69.9 Å². The molecule has 57 heavy (non-hydrogen) atoms. The molecule has 0 aliphatic rings. The molecule has 0 saturated heterocycles. The van der Waals surface area contributed by atoms with Crippen molar-refractivity contribution in [3.8, 4) is 51.0 Å². The summed E-state index contributed by atoms with van der Waals surface area (Å²) in [5.41, 5.74) is 11.4. The van der Waals surface area contributed by atoms with Gasteiger partial charge in [0.25, 0.3) is 0 Å². The molecule has 12 aromatic rings. The SMILES string of the molecule is c1ccc(-c2nc(-c3cccc(-c4cccc5c4oc4c(-c6ccc7oc8ccccc8c7c6)cccc45)c3)nc(-n3c4ccccc4c4ccccc43)n2)cc1. The van der Waals surface area contributed by atoms with E-state index in [1.54, 1.807) is 0 Å². The molecule has 0 bridgehead atoms. The van der Waals surface area contributed by atoms with E-state index in [9.17, 15) is 0 Å². The van der Waals surface area contributed by atoms with Crippen molar-refractivity contribution in [1.29, 1.82) is 0 Å². The normalized spacial score (nSPS) is 11.9. The van der Waals surface area contributed by atoms with Gasteiger partial charge in [0.05, 0.1) is 11.0 Å². The number of furan rings is 2. The first kappa shape index (κ1) is 31.5. The van der Waals surface area contributed by atoms with Crippen LogP contribution in [0.15, 0.2) is 191 Å². The molecule has 8 aromatic carbocycles. The van der Waals surface area contributed by atoms with Crippen LogP contribution in [-0.2, 0) is 0 Å². The average molecular weight is 731 g/mol. The molecule has 0 saturated carbocycles. The predicted molar refractivity (Wildman–Crippen MR) is 230 cm³/mol. The smallest absolute Gasteiger partial charge is 0.238 e. The molecule has 4 heterocycles. The summed E-state index contributed by atoms with van der Waals surface area (Å²) < 4.78 is 15.2. The van der Waals surface area contributed by atoms with Crippen LogP contribution in [0, 0.1) is 0 Å². The Morgan fingerprint density at radius 2 is 0.860 bits per heavy atom. The van der Waals surface area contributed by atoms with Gasteiger partial charge < -0.3 is 8.83 Å². The minimum atomic E-state index is 0.565. The lowest BCUT2D eigenvalue weighted by Crippen LogP contribution is -2.06. The Morgan fingerprint density at radius 3 is 1.58 bits per heavy atom. The molecule has 0 spiro atoms. The Bertz CT molecular complexity index is 3490. The summed E-state index contributed by atoms with van der Waals surface area (Å²) in [5, 5.41) is 6.61. The third kappa shape index (κ3) is 4.94. The zero-order valence-corrected chi connectivity index (χ0v) is 30.4. The number of fused-ring (bicyclic) bond motifs is 9. The van der Waals surface area contributed by atoms with E-state index >= 15 is 0 Å². The molecule has 6 nitrogen and oxygen atoms in total. The number of para-hydroxylation sites is 5. The predicted octanol–water partition coefficient (Wildman–Crippen LogP) is 13.4. The molecule has 12 rings (SSSR count). The first-order chi connectivity index (χ1) is 28.2. The van der Waals surface area contributed by atoms with Gasteiger partial charge in [0.2, 0.25) is 5.95 Å². The van der Waals surface area contributed by atoms with Gasteiger partial charge in [0.1, 0.15) is 22.3 Å². The van der Waals surface area contributed by atoms with Crippen molar-refractivity contribution in [1.82, 2.24) is 19.5 Å². The Hall–Kier alpha value is -7.83. The minimum absolute atomic E-state index is 0.565. The summed E-state index contributed by atoms with van der Waals surface area (Å²) in [4.78, 5) is 15.4. The van der Waals surface area contributed by atoms with E-state index in [-0.39, 0.29) is 0 Å². The number of benzene rings is 8. The number of rotatable bonds is 5. The molecule has 0 unspecified atom stereocenters. The van der Waals surface area contributed by atoms with Crippen LogP contribution in [0.5, 0.6) is 0 Å². The Balaban J connectivity index is 1.02. The summed E-state index contributed by atoms with van der Waals surface area (Å²) in [6.07, 6.45) is 0. The summed E-state index contributed by atoms with van der Waals surface area (Å²) >= 11 is 0. The van der Waals surface area contributed by atoms with Crippen molar-refractivity contribution in [2.75, 3.05) is 0 Å². The molecule has 0 N–H and O–H groups in total. The van der Waals surface area contributed by atoms with Crippen LogP contribution in [0.4, 0.5) is 0 Å². The summed E-state index contributed by atoms with van der Waals surface area (Å²) in [7, 11) is 0. The molecule has 0 aliphatic carbocycles. The fourth-order valence-electron chi connectivity index (χ4n) is 8.44. The highest BCUT2D eigenvalue weighted by atomic mass is 16.3. The van der Waals surface area contributed by atoms with Gasteiger partial charge in [0.15, 0.2) is 11.6 Å². The van der Waals surface area contributed by atoms with Gasteiger partial charge in [-0.25, -0.2) is 4.98 Å². The molecule has 0 radical (unpaired) electrons. The molecule has 6 heteroatoms. The second-order valence-corrected chi connectivity index (χ2v) is 14.4. The van der Waals surface area contributed by atoms with Crippen molar-refractivity contribution >= 4 is 65.7 Å². The molecular formula is C51H30N4O2. The zero-order valence-electron chi connectivity index (χ0n) is 30.4. The van der Waals surface area contributed by atoms with Crippen LogP contribution >= 0.6 is 0 Å². The van der Waals surface area contributed by atoms with E-state index in [1.165, 1.54) is 0 Å². The van der Waals surface area contributed by atoms with Gasteiger partial charge in [-0.15, -0.1) is 0 Å². The van der Waals surface area contributed by atoms with E-state index in [2.05, 4.69) is 138 Å². The lowest BCUT2D eigenvalue weighted by atomic mass is 9.98. The van der Waals surface area contributed by atoms with Crippen LogP contribution in [0.3, 0.4) is 0 Å². The molecule has 0 fully saturated rings. The lowest BCUT2D eigenvalue weighted by Gasteiger charge is -2.11. The Labute approximate surface area is 325 Å². The fourth-order valence-corrected chi connectivity index (χ4v) is 8.44. The number of aromatic nitrogens is 4. The summed E-state index contributed by atoms with van der Waals surface area (Å²) in [6.45, 7) is 0. The second kappa shape index (κ2) is 12.3. The maximum Gasteiger partial charge on any atom is 0.238 e. The molecule has 0 aliphatic heterocycles. The van der Waals surface area contributed by atoms with E-state index < -0.39 is 0 Å². The minimum Gasteiger partial charge on any atom is -0.456 e. The highest BCUT2D eigenvalue weighted by Gasteiger charge is 2.20. The third-order valence-electron chi connectivity index (χ3n) is 11.1. The standard InChI is InChI=1S/C51H30N4O2/c1-2-13-31(14-3-1)49-52-50(54-51(53-49)55-43-24-7-4-17-37(43)38-18-5-8-25-44(38)55)34-16-10-15-32(29-34)35-20-11-22-40-41-23-12-21-36(48(41)57-47(35)40)33-27-28-46-42(30-33)39-19-6-9-26-45(39)56-46/h1-30H. The van der Waals surface area contributed by atoms with Crippen LogP contribution in [0.1, 0.15) is 0 Å². The Morgan fingerprint density at radius 1 is 0.333 bits per heavy atom. The molecule has 4 aromatic heterocycles. The largest absolute Gasteiger partial charge is 0.456 e. The van der Waals surface area contributed by atoms with Crippen molar-refractivity contribution in [2.24, 2.45) is 0 Å². The monoisotopic (exact) mass is 730 g/mol. The van der Waals surface area contributed by atoms with Gasteiger partial charge in [0, 0.05) is 54.6 Å². The highest BCUT2D eigenvalue weighted by Crippen LogP contribution is 2.42. The summed E-state index contributed by atoms with van der Waals surface area (Å²) in [6, 6.07) is 62.6. The molecule has 266 valence electrons. The number of hydrogen-bond acceptors (Lipinski definition) is 5. The average Bonchev–Trinajstić information content (AvgIpc) is 3.96. The van der Waals surface area contributed by atoms with E-state index in [4.69, 9.17) is 23.8 Å². The molecule has 0 atom stereocenters. The van der Waals surface area contributed by atoms with Gasteiger partial charge >= 0.3 is 0 Å². The first-order valence-corrected chi connectivity index (χ1v) is 19.0. The van der Waals surface area contributed by atoms with E-state index in [0.29, 0.717) is 17.6 Å². The van der Waals surface area contributed by atoms with Crippen LogP contribution in [0.25, 0.3) is 117 Å².